The second-order valence-electron chi connectivity index (χ2n) is 5.97. The molecule has 3 nitrogen and oxygen atoms in total. The summed E-state index contributed by atoms with van der Waals surface area (Å²) in [5.74, 6) is 0.920. The molecular formula is C18H24N2O. The first kappa shape index (κ1) is 15.5. The van der Waals surface area contributed by atoms with E-state index in [1.54, 1.807) is 0 Å². The lowest BCUT2D eigenvalue weighted by Crippen LogP contribution is -2.42. The van der Waals surface area contributed by atoms with E-state index in [4.69, 9.17) is 10.5 Å². The van der Waals surface area contributed by atoms with Crippen molar-refractivity contribution in [2.24, 2.45) is 5.73 Å². The minimum Gasteiger partial charge on any atom is -0.489 e. The molecule has 0 radical (unpaired) electrons. The van der Waals surface area contributed by atoms with Crippen molar-refractivity contribution in [2.45, 2.75) is 32.5 Å². The molecule has 0 fully saturated rings. The molecule has 0 amide bonds. The van der Waals surface area contributed by atoms with E-state index >= 15 is 0 Å². The fraction of sp³-hybridized carbons (Fsp3) is 0.333. The molecule has 2 aromatic rings. The highest BCUT2D eigenvalue weighted by atomic mass is 16.5. The van der Waals surface area contributed by atoms with Gasteiger partial charge in [0.15, 0.2) is 0 Å². The van der Waals surface area contributed by atoms with Crippen LogP contribution in [-0.2, 0) is 13.2 Å². The van der Waals surface area contributed by atoms with Crippen LogP contribution < -0.4 is 15.8 Å². The Morgan fingerprint density at radius 2 is 1.67 bits per heavy atom. The quantitative estimate of drug-likeness (QED) is 0.821. The van der Waals surface area contributed by atoms with Crippen LogP contribution in [0.25, 0.3) is 0 Å². The van der Waals surface area contributed by atoms with Crippen LogP contribution in [0.4, 0.5) is 0 Å². The van der Waals surface area contributed by atoms with Crippen LogP contribution in [0, 0.1) is 0 Å². The number of para-hydroxylation sites is 1. The van der Waals surface area contributed by atoms with Crippen LogP contribution in [0.2, 0.25) is 0 Å². The fourth-order valence-electron chi connectivity index (χ4n) is 2.05. The summed E-state index contributed by atoms with van der Waals surface area (Å²) in [7, 11) is 0. The van der Waals surface area contributed by atoms with E-state index < -0.39 is 0 Å². The van der Waals surface area contributed by atoms with Gasteiger partial charge in [0.2, 0.25) is 0 Å². The highest BCUT2D eigenvalue weighted by Gasteiger charge is 2.10. The van der Waals surface area contributed by atoms with Crippen LogP contribution in [0.3, 0.4) is 0 Å². The summed E-state index contributed by atoms with van der Waals surface area (Å²) in [6.45, 7) is 6.13. The van der Waals surface area contributed by atoms with E-state index in [2.05, 4.69) is 23.5 Å². The van der Waals surface area contributed by atoms with Crippen LogP contribution in [0.5, 0.6) is 5.75 Å². The zero-order valence-electron chi connectivity index (χ0n) is 12.8. The lowest BCUT2D eigenvalue weighted by atomic mass is 10.1. The summed E-state index contributed by atoms with van der Waals surface area (Å²) in [5, 5.41) is 3.38. The molecule has 2 aromatic carbocycles. The zero-order chi connectivity index (χ0) is 15.1. The van der Waals surface area contributed by atoms with Crippen molar-refractivity contribution in [3.63, 3.8) is 0 Å². The molecule has 2 rings (SSSR count). The molecule has 0 spiro atoms. The highest BCUT2D eigenvalue weighted by molar-refractivity contribution is 5.33. The predicted molar refractivity (Wildman–Crippen MR) is 87.2 cm³/mol. The summed E-state index contributed by atoms with van der Waals surface area (Å²) in [6, 6.07) is 18.3. The highest BCUT2D eigenvalue weighted by Crippen LogP contribution is 2.19. The van der Waals surface area contributed by atoms with Crippen molar-refractivity contribution in [1.29, 1.82) is 0 Å². The number of ether oxygens (including phenoxy) is 1. The Morgan fingerprint density at radius 1 is 1.00 bits per heavy atom. The van der Waals surface area contributed by atoms with Gasteiger partial charge in [-0.1, -0.05) is 48.5 Å². The molecule has 3 N–H and O–H groups in total. The van der Waals surface area contributed by atoms with Gasteiger partial charge in [-0.3, -0.25) is 0 Å². The van der Waals surface area contributed by atoms with Gasteiger partial charge in [0, 0.05) is 24.2 Å². The van der Waals surface area contributed by atoms with E-state index in [0.29, 0.717) is 6.61 Å². The Balaban J connectivity index is 1.93. The Morgan fingerprint density at radius 3 is 2.38 bits per heavy atom. The van der Waals surface area contributed by atoms with Crippen molar-refractivity contribution < 1.29 is 4.74 Å². The first-order valence-electron chi connectivity index (χ1n) is 7.29. The van der Waals surface area contributed by atoms with Crippen LogP contribution >= 0.6 is 0 Å². The molecule has 0 aromatic heterocycles. The van der Waals surface area contributed by atoms with E-state index in [1.807, 2.05) is 50.2 Å². The standard InChI is InChI=1S/C18H24N2O/c1-18(2,19)14-20-12-16-10-6-7-11-17(16)21-13-15-8-4-3-5-9-15/h3-11,20H,12-14,19H2,1-2H3. The molecule has 0 saturated carbocycles. The van der Waals surface area contributed by atoms with E-state index in [1.165, 1.54) is 5.56 Å². The Bertz CT molecular complexity index is 547. The average molecular weight is 284 g/mol. The molecule has 0 aliphatic heterocycles. The molecule has 112 valence electrons. The third-order valence-electron chi connectivity index (χ3n) is 3.11. The lowest BCUT2D eigenvalue weighted by Gasteiger charge is -2.19. The number of benzene rings is 2. The molecule has 0 bridgehead atoms. The molecule has 0 heterocycles. The minimum absolute atomic E-state index is 0.208. The largest absolute Gasteiger partial charge is 0.489 e. The molecule has 0 saturated heterocycles. The van der Waals surface area contributed by atoms with Crippen molar-refractivity contribution in [2.75, 3.05) is 6.54 Å². The van der Waals surface area contributed by atoms with Gasteiger partial charge >= 0.3 is 0 Å². The van der Waals surface area contributed by atoms with Crippen LogP contribution in [0.1, 0.15) is 25.0 Å². The maximum atomic E-state index is 5.98. The Hall–Kier alpha value is -1.84. The van der Waals surface area contributed by atoms with Gasteiger partial charge in [-0.15, -0.1) is 0 Å². The average Bonchev–Trinajstić information content (AvgIpc) is 2.46. The Kier molecular flexibility index (Phi) is 5.37. The summed E-state index contributed by atoms with van der Waals surface area (Å²) >= 11 is 0. The fourth-order valence-corrected chi connectivity index (χ4v) is 2.05. The number of rotatable bonds is 7. The smallest absolute Gasteiger partial charge is 0.124 e. The van der Waals surface area contributed by atoms with E-state index in [-0.39, 0.29) is 5.54 Å². The van der Waals surface area contributed by atoms with Gasteiger partial charge < -0.3 is 15.8 Å². The van der Waals surface area contributed by atoms with Gasteiger partial charge in [0.05, 0.1) is 0 Å². The molecule has 21 heavy (non-hydrogen) atoms. The van der Waals surface area contributed by atoms with Crippen molar-refractivity contribution in [1.82, 2.24) is 5.32 Å². The van der Waals surface area contributed by atoms with Gasteiger partial charge in [-0.2, -0.15) is 0 Å². The van der Waals surface area contributed by atoms with Crippen molar-refractivity contribution >= 4 is 0 Å². The molecule has 0 atom stereocenters. The van der Waals surface area contributed by atoms with Gasteiger partial charge in [0.1, 0.15) is 12.4 Å². The third-order valence-corrected chi connectivity index (χ3v) is 3.11. The van der Waals surface area contributed by atoms with Gasteiger partial charge in [-0.05, 0) is 25.5 Å². The first-order valence-corrected chi connectivity index (χ1v) is 7.29. The summed E-state index contributed by atoms with van der Waals surface area (Å²) < 4.78 is 5.93. The SMILES string of the molecule is CC(C)(N)CNCc1ccccc1OCc1ccccc1. The molecule has 0 unspecified atom stereocenters. The molecule has 0 aliphatic carbocycles. The third kappa shape index (κ3) is 5.58. The number of nitrogens with one attached hydrogen (secondary N) is 1. The second kappa shape index (κ2) is 7.25. The van der Waals surface area contributed by atoms with Crippen molar-refractivity contribution in [3.8, 4) is 5.75 Å². The van der Waals surface area contributed by atoms with Crippen molar-refractivity contribution in [3.05, 3.63) is 65.7 Å². The molecule has 3 heteroatoms. The monoisotopic (exact) mass is 284 g/mol. The minimum atomic E-state index is -0.208. The normalized spacial score (nSPS) is 11.4. The second-order valence-corrected chi connectivity index (χ2v) is 5.97. The van der Waals surface area contributed by atoms with Crippen LogP contribution in [-0.4, -0.2) is 12.1 Å². The number of hydrogen-bond acceptors (Lipinski definition) is 3. The summed E-state index contributed by atoms with van der Waals surface area (Å²) in [4.78, 5) is 0. The first-order chi connectivity index (χ1) is 10.0. The maximum Gasteiger partial charge on any atom is 0.124 e. The maximum absolute atomic E-state index is 5.98. The van der Waals surface area contributed by atoms with Crippen LogP contribution in [0.15, 0.2) is 54.6 Å². The Labute approximate surface area is 127 Å². The topological polar surface area (TPSA) is 47.3 Å². The number of nitrogens with two attached hydrogens (primary N) is 1. The molecular weight excluding hydrogens is 260 g/mol. The van der Waals surface area contributed by atoms with Gasteiger partial charge in [-0.25, -0.2) is 0 Å². The molecule has 0 aliphatic rings. The zero-order valence-corrected chi connectivity index (χ0v) is 12.8. The lowest BCUT2D eigenvalue weighted by molar-refractivity contribution is 0.301. The van der Waals surface area contributed by atoms with Gasteiger partial charge in [0.25, 0.3) is 0 Å². The number of hydrogen-bond donors (Lipinski definition) is 2. The summed E-state index contributed by atoms with van der Waals surface area (Å²) in [6.07, 6.45) is 0. The summed E-state index contributed by atoms with van der Waals surface area (Å²) in [5.41, 5.74) is 8.09. The van der Waals surface area contributed by atoms with E-state index in [0.717, 1.165) is 24.4 Å². The van der Waals surface area contributed by atoms with E-state index in [9.17, 15) is 0 Å². The predicted octanol–water partition coefficient (Wildman–Crippen LogP) is 3.09.